The minimum Gasteiger partial charge on any atom is -0.496 e. The first-order valence-electron chi connectivity index (χ1n) is 6.75. The third-order valence-corrected chi connectivity index (χ3v) is 4.46. The Balaban J connectivity index is 2.08. The molecule has 1 N–H and O–H groups in total. The molecule has 0 heterocycles. The highest BCUT2D eigenvalue weighted by atomic mass is 32.2. The van der Waals surface area contributed by atoms with Gasteiger partial charge in [0.1, 0.15) is 11.6 Å². The van der Waals surface area contributed by atoms with Gasteiger partial charge in [0, 0.05) is 12.1 Å². The van der Waals surface area contributed by atoms with E-state index in [2.05, 4.69) is 4.72 Å². The van der Waals surface area contributed by atoms with Crippen LogP contribution in [0.1, 0.15) is 16.7 Å². The maximum Gasteiger partial charge on any atom is 0.216 e. The number of nitrogens with one attached hydrogen (secondary N) is 1. The summed E-state index contributed by atoms with van der Waals surface area (Å²) in [5.41, 5.74) is 2.16. The molecular weight excluding hydrogens is 305 g/mol. The number of sulfonamides is 1. The largest absolute Gasteiger partial charge is 0.496 e. The Morgan fingerprint density at radius 2 is 1.95 bits per heavy atom. The highest BCUT2D eigenvalue weighted by Gasteiger charge is 2.13. The first-order valence-corrected chi connectivity index (χ1v) is 8.40. The average Bonchev–Trinajstić information content (AvgIpc) is 2.45. The first-order chi connectivity index (χ1) is 10.4. The molecule has 6 heteroatoms. The highest BCUT2D eigenvalue weighted by Crippen LogP contribution is 2.19. The Labute approximate surface area is 130 Å². The van der Waals surface area contributed by atoms with Gasteiger partial charge in [0.25, 0.3) is 0 Å². The molecule has 4 nitrogen and oxygen atoms in total. The smallest absolute Gasteiger partial charge is 0.216 e. The fraction of sp³-hybridized carbons (Fsp3) is 0.250. The summed E-state index contributed by atoms with van der Waals surface area (Å²) < 4.78 is 45.1. The number of aryl methyl sites for hydroxylation is 1. The third-order valence-electron chi connectivity index (χ3n) is 3.16. The Morgan fingerprint density at radius 1 is 1.18 bits per heavy atom. The molecule has 0 fully saturated rings. The summed E-state index contributed by atoms with van der Waals surface area (Å²) in [6.45, 7) is 1.89. The molecule has 0 radical (unpaired) electrons. The van der Waals surface area contributed by atoms with Gasteiger partial charge in [-0.3, -0.25) is 0 Å². The average molecular weight is 323 g/mol. The quantitative estimate of drug-likeness (QED) is 0.889. The molecular formula is C16H18FNO3S. The van der Waals surface area contributed by atoms with E-state index >= 15 is 0 Å². The lowest BCUT2D eigenvalue weighted by Gasteiger charge is -2.11. The van der Waals surface area contributed by atoms with Crippen LogP contribution in [0.15, 0.2) is 42.5 Å². The van der Waals surface area contributed by atoms with Crippen LogP contribution in [0.25, 0.3) is 0 Å². The van der Waals surface area contributed by atoms with Crippen LogP contribution < -0.4 is 9.46 Å². The monoisotopic (exact) mass is 323 g/mol. The van der Waals surface area contributed by atoms with Gasteiger partial charge in [0.15, 0.2) is 0 Å². The van der Waals surface area contributed by atoms with Crippen molar-refractivity contribution < 1.29 is 17.5 Å². The summed E-state index contributed by atoms with van der Waals surface area (Å²) in [6, 6.07) is 11.3. The van der Waals surface area contributed by atoms with Gasteiger partial charge in [-0.2, -0.15) is 0 Å². The second-order valence-corrected chi connectivity index (χ2v) is 6.83. The summed E-state index contributed by atoms with van der Waals surface area (Å²) >= 11 is 0. The van der Waals surface area contributed by atoms with Crippen LogP contribution in [0.4, 0.5) is 4.39 Å². The number of ether oxygens (including phenoxy) is 1. The topological polar surface area (TPSA) is 55.4 Å². The third kappa shape index (κ3) is 4.54. The van der Waals surface area contributed by atoms with E-state index < -0.39 is 15.8 Å². The Bertz CT molecular complexity index is 760. The molecule has 0 saturated heterocycles. The standard InChI is InChI=1S/C16H18FNO3S/c1-12-4-3-5-13(8-12)11-22(19,20)18-10-14-9-15(17)6-7-16(14)21-2/h3-9,18H,10-11H2,1-2H3. The van der Waals surface area contributed by atoms with Gasteiger partial charge < -0.3 is 4.74 Å². The lowest BCUT2D eigenvalue weighted by atomic mass is 10.2. The van der Waals surface area contributed by atoms with Crippen molar-refractivity contribution in [3.8, 4) is 5.75 Å². The molecule has 0 unspecified atom stereocenters. The first kappa shape index (κ1) is 16.5. The predicted molar refractivity (Wildman–Crippen MR) is 83.6 cm³/mol. The van der Waals surface area contributed by atoms with Crippen molar-refractivity contribution in [2.75, 3.05) is 7.11 Å². The SMILES string of the molecule is COc1ccc(F)cc1CNS(=O)(=O)Cc1cccc(C)c1. The fourth-order valence-electron chi connectivity index (χ4n) is 2.15. The highest BCUT2D eigenvalue weighted by molar-refractivity contribution is 7.88. The number of hydrogen-bond acceptors (Lipinski definition) is 3. The Morgan fingerprint density at radius 3 is 2.64 bits per heavy atom. The molecule has 0 amide bonds. The van der Waals surface area contributed by atoms with E-state index in [9.17, 15) is 12.8 Å². The maximum absolute atomic E-state index is 13.3. The number of hydrogen-bond donors (Lipinski definition) is 1. The lowest BCUT2D eigenvalue weighted by molar-refractivity contribution is 0.407. The molecule has 2 aromatic carbocycles. The van der Waals surface area contributed by atoms with Crippen LogP contribution in [0.3, 0.4) is 0 Å². The van der Waals surface area contributed by atoms with Gasteiger partial charge in [-0.05, 0) is 30.7 Å². The summed E-state index contributed by atoms with van der Waals surface area (Å²) in [5.74, 6) is -0.111. The summed E-state index contributed by atoms with van der Waals surface area (Å²) in [7, 11) is -2.06. The Hall–Kier alpha value is -1.92. The molecule has 0 aliphatic carbocycles. The van der Waals surface area contributed by atoms with E-state index in [-0.39, 0.29) is 12.3 Å². The van der Waals surface area contributed by atoms with Crippen LogP contribution in [0.2, 0.25) is 0 Å². The van der Waals surface area contributed by atoms with Crippen molar-refractivity contribution in [2.24, 2.45) is 0 Å². The van der Waals surface area contributed by atoms with E-state index in [1.54, 1.807) is 6.07 Å². The van der Waals surface area contributed by atoms with Crippen LogP contribution in [-0.4, -0.2) is 15.5 Å². The molecule has 0 spiro atoms. The summed E-state index contributed by atoms with van der Waals surface area (Å²) in [5, 5.41) is 0. The second kappa shape index (κ2) is 6.89. The van der Waals surface area contributed by atoms with Crippen molar-refractivity contribution in [2.45, 2.75) is 19.2 Å². The Kier molecular flexibility index (Phi) is 5.15. The number of benzene rings is 2. The molecule has 22 heavy (non-hydrogen) atoms. The zero-order valence-electron chi connectivity index (χ0n) is 12.5. The number of methoxy groups -OCH3 is 1. The molecule has 0 aliphatic rings. The molecule has 118 valence electrons. The minimum atomic E-state index is -3.52. The van der Waals surface area contributed by atoms with Crippen LogP contribution in [-0.2, 0) is 22.3 Å². The van der Waals surface area contributed by atoms with Gasteiger partial charge in [0.2, 0.25) is 10.0 Å². The lowest BCUT2D eigenvalue weighted by Crippen LogP contribution is -2.25. The van der Waals surface area contributed by atoms with Crippen molar-refractivity contribution in [3.05, 3.63) is 65.0 Å². The van der Waals surface area contributed by atoms with Crippen LogP contribution in [0.5, 0.6) is 5.75 Å². The molecule has 0 aromatic heterocycles. The molecule has 0 atom stereocenters. The van der Waals surface area contributed by atoms with Crippen LogP contribution >= 0.6 is 0 Å². The van der Waals surface area contributed by atoms with Crippen molar-refractivity contribution in [1.82, 2.24) is 4.72 Å². The molecule has 0 saturated carbocycles. The number of halogens is 1. The van der Waals surface area contributed by atoms with E-state index in [4.69, 9.17) is 4.74 Å². The van der Waals surface area contributed by atoms with Gasteiger partial charge in [-0.1, -0.05) is 29.8 Å². The van der Waals surface area contributed by atoms with E-state index in [1.807, 2.05) is 25.1 Å². The van der Waals surface area contributed by atoms with Crippen molar-refractivity contribution >= 4 is 10.0 Å². The van der Waals surface area contributed by atoms with Gasteiger partial charge in [-0.15, -0.1) is 0 Å². The fourth-order valence-corrected chi connectivity index (χ4v) is 3.24. The molecule has 2 aromatic rings. The summed E-state index contributed by atoms with van der Waals surface area (Å²) in [4.78, 5) is 0. The van der Waals surface area contributed by atoms with E-state index in [1.165, 1.54) is 25.3 Å². The second-order valence-electron chi connectivity index (χ2n) is 5.03. The van der Waals surface area contributed by atoms with Gasteiger partial charge in [0.05, 0.1) is 12.9 Å². The zero-order chi connectivity index (χ0) is 16.2. The van der Waals surface area contributed by atoms with E-state index in [0.717, 1.165) is 5.56 Å². The zero-order valence-corrected chi connectivity index (χ0v) is 13.3. The van der Waals surface area contributed by atoms with Crippen molar-refractivity contribution in [3.63, 3.8) is 0 Å². The minimum absolute atomic E-state index is 0.0188. The normalized spacial score (nSPS) is 11.4. The predicted octanol–water partition coefficient (Wildman–Crippen LogP) is 2.76. The van der Waals surface area contributed by atoms with Crippen LogP contribution in [0, 0.1) is 12.7 Å². The summed E-state index contributed by atoms with van der Waals surface area (Å²) in [6.07, 6.45) is 0. The van der Waals surface area contributed by atoms with E-state index in [0.29, 0.717) is 16.9 Å². The number of rotatable bonds is 6. The molecule has 0 bridgehead atoms. The van der Waals surface area contributed by atoms with Crippen molar-refractivity contribution in [1.29, 1.82) is 0 Å². The maximum atomic E-state index is 13.3. The van der Waals surface area contributed by atoms with Gasteiger partial charge >= 0.3 is 0 Å². The molecule has 0 aliphatic heterocycles. The molecule has 2 rings (SSSR count). The van der Waals surface area contributed by atoms with Gasteiger partial charge in [-0.25, -0.2) is 17.5 Å².